The molecule has 0 aliphatic carbocycles. The quantitative estimate of drug-likeness (QED) is 0.0952. The highest BCUT2D eigenvalue weighted by molar-refractivity contribution is 6.23. The van der Waals surface area contributed by atoms with Crippen LogP contribution in [0.1, 0.15) is 63.0 Å². The van der Waals surface area contributed by atoms with Gasteiger partial charge in [-0.15, -0.1) is 0 Å². The summed E-state index contributed by atoms with van der Waals surface area (Å²) in [7, 11) is 1.98. The van der Waals surface area contributed by atoms with Crippen LogP contribution in [-0.4, -0.2) is 129 Å². The number of piperazine rings is 1. The van der Waals surface area contributed by atoms with E-state index in [9.17, 15) is 45.0 Å². The number of ether oxygens (including phenoxy) is 3. The molecule has 9 atom stereocenters. The zero-order chi connectivity index (χ0) is 43.5. The fourth-order valence-corrected chi connectivity index (χ4v) is 8.12. The Kier molecular flexibility index (Phi) is 14.0. The summed E-state index contributed by atoms with van der Waals surface area (Å²) in [5, 5.41) is 77.3. The van der Waals surface area contributed by atoms with Crippen LogP contribution in [0.25, 0.3) is 10.8 Å². The number of anilines is 1. The SMILES string of the molecule is CC1=CC=C[C@H](C)[C@H](O)[C@@H](C)[C@H](O)[C@H](C)[C@H](COC=O)[C@H](C)[C@@H](CO)C=CO[C@@]2(C)Oc3c(C)c(O)c4c(O)c(c(C=NN5CCN(C)CC5)c(O)c4c3C2=O)NC1=O. The molecule has 16 nitrogen and oxygen atoms in total. The second-order valence-corrected chi connectivity index (χ2v) is 16.3. The Labute approximate surface area is 344 Å². The lowest BCUT2D eigenvalue weighted by Crippen LogP contribution is -2.43. The summed E-state index contributed by atoms with van der Waals surface area (Å²) in [6.07, 6.45) is 6.66. The average molecular weight is 823 g/mol. The first kappa shape index (κ1) is 44.9. The zero-order valence-corrected chi connectivity index (χ0v) is 34.9. The van der Waals surface area contributed by atoms with Crippen LogP contribution in [-0.2, 0) is 19.1 Å². The largest absolute Gasteiger partial charge is 0.507 e. The van der Waals surface area contributed by atoms with Crippen molar-refractivity contribution >= 4 is 40.8 Å². The van der Waals surface area contributed by atoms with Crippen molar-refractivity contribution in [2.45, 2.75) is 66.5 Å². The maximum absolute atomic E-state index is 14.4. The summed E-state index contributed by atoms with van der Waals surface area (Å²) in [5.74, 6) is -8.61. The number of hydrazone groups is 1. The minimum Gasteiger partial charge on any atom is -0.507 e. The minimum absolute atomic E-state index is 0.0488. The van der Waals surface area contributed by atoms with Gasteiger partial charge in [-0.1, -0.05) is 45.9 Å². The number of nitrogens with zero attached hydrogens (tertiary/aromatic N) is 3. The third kappa shape index (κ3) is 8.91. The molecule has 0 spiro atoms. The highest BCUT2D eigenvalue weighted by Crippen LogP contribution is 2.55. The Morgan fingerprint density at radius 2 is 1.63 bits per heavy atom. The number of amides is 1. The summed E-state index contributed by atoms with van der Waals surface area (Å²) in [6, 6.07) is 0. The lowest BCUT2D eigenvalue weighted by atomic mass is 9.72. The van der Waals surface area contributed by atoms with Gasteiger partial charge in [-0.3, -0.25) is 19.4 Å². The predicted octanol–water partition coefficient (Wildman–Crippen LogP) is 3.79. The smallest absolute Gasteiger partial charge is 0.312 e. The van der Waals surface area contributed by atoms with E-state index in [4.69, 9.17) is 14.2 Å². The molecule has 4 aliphatic rings. The first-order valence-corrected chi connectivity index (χ1v) is 19.9. The van der Waals surface area contributed by atoms with E-state index in [1.165, 1.54) is 45.4 Å². The van der Waals surface area contributed by atoms with Crippen molar-refractivity contribution in [1.82, 2.24) is 9.91 Å². The molecule has 2 aromatic rings. The molecule has 7 N–H and O–H groups in total. The van der Waals surface area contributed by atoms with Crippen LogP contribution < -0.4 is 10.1 Å². The van der Waals surface area contributed by atoms with E-state index in [0.29, 0.717) is 32.7 Å². The van der Waals surface area contributed by atoms with Gasteiger partial charge in [0.05, 0.1) is 53.5 Å². The molecule has 6 rings (SSSR count). The molecule has 0 saturated carbocycles. The van der Waals surface area contributed by atoms with Crippen LogP contribution in [0, 0.1) is 42.4 Å². The van der Waals surface area contributed by atoms with Gasteiger partial charge in [0.15, 0.2) is 5.75 Å². The van der Waals surface area contributed by atoms with Gasteiger partial charge in [-0.05, 0) is 38.8 Å². The molecular weight excluding hydrogens is 764 g/mol. The Morgan fingerprint density at radius 3 is 2.27 bits per heavy atom. The molecule has 0 radical (unpaired) electrons. The zero-order valence-electron chi connectivity index (χ0n) is 34.9. The van der Waals surface area contributed by atoms with Crippen LogP contribution in [0.3, 0.4) is 0 Å². The summed E-state index contributed by atoms with van der Waals surface area (Å²) in [5.41, 5.74) is -0.377. The third-order valence-electron chi connectivity index (χ3n) is 12.4. The summed E-state index contributed by atoms with van der Waals surface area (Å²) >= 11 is 0. The van der Waals surface area contributed by atoms with Gasteiger partial charge in [0.2, 0.25) is 0 Å². The monoisotopic (exact) mass is 822 g/mol. The molecule has 1 amide bonds. The van der Waals surface area contributed by atoms with Crippen molar-refractivity contribution in [1.29, 1.82) is 0 Å². The first-order valence-electron chi connectivity index (χ1n) is 19.9. The third-order valence-corrected chi connectivity index (χ3v) is 12.4. The van der Waals surface area contributed by atoms with E-state index in [0.717, 1.165) is 0 Å². The van der Waals surface area contributed by atoms with Crippen molar-refractivity contribution in [3.8, 4) is 23.0 Å². The van der Waals surface area contributed by atoms with Crippen LogP contribution in [0.15, 0.2) is 41.2 Å². The number of hydrogen-bond donors (Lipinski definition) is 7. The summed E-state index contributed by atoms with van der Waals surface area (Å²) in [4.78, 5) is 41.6. The number of fused-ring (bicyclic) bond motifs is 14. The van der Waals surface area contributed by atoms with Crippen molar-refractivity contribution in [2.24, 2.45) is 40.6 Å². The second kappa shape index (κ2) is 18.4. The molecule has 0 aromatic heterocycles. The molecule has 5 bridgehead atoms. The van der Waals surface area contributed by atoms with Gasteiger partial charge >= 0.3 is 5.79 Å². The van der Waals surface area contributed by atoms with Crippen molar-refractivity contribution in [3.05, 3.63) is 52.8 Å². The van der Waals surface area contributed by atoms with Gasteiger partial charge in [0, 0.05) is 79.9 Å². The van der Waals surface area contributed by atoms with E-state index in [2.05, 4.69) is 15.3 Å². The average Bonchev–Trinajstić information content (AvgIpc) is 3.48. The minimum atomic E-state index is -2.05. The molecule has 0 unspecified atom stereocenters. The van der Waals surface area contributed by atoms with Crippen LogP contribution in [0.2, 0.25) is 0 Å². The number of allylic oxidation sites excluding steroid dienone is 2. The van der Waals surface area contributed by atoms with E-state index in [-0.39, 0.29) is 57.7 Å². The molecule has 16 heteroatoms. The number of phenolic OH excluding ortho intramolecular Hbond substituents is 3. The molecule has 2 aromatic carbocycles. The number of likely N-dealkylation sites (N-methyl/N-ethyl adjacent to an activating group) is 1. The second-order valence-electron chi connectivity index (χ2n) is 16.3. The van der Waals surface area contributed by atoms with E-state index >= 15 is 0 Å². The van der Waals surface area contributed by atoms with E-state index in [1.54, 1.807) is 37.9 Å². The number of rotatable bonds is 6. The van der Waals surface area contributed by atoms with E-state index < -0.39 is 82.4 Å². The number of carbonyl (C=O) groups is 3. The maximum Gasteiger partial charge on any atom is 0.312 e. The first-order chi connectivity index (χ1) is 27.9. The normalized spacial score (nSPS) is 30.1. The highest BCUT2D eigenvalue weighted by atomic mass is 16.7. The standard InChI is InChI=1S/C43H58N4O12/c1-22-10-9-11-23(2)42(56)45-34-29(18-44-47-15-13-46(8)14-16-47)38(53)31-32(39(34)54)37(52)27(6)40-33(31)41(55)43(7,59-40)58-17-12-28(19-48)24(3)30(20-57-21-49)25(4)36(51)26(5)35(22)50/h9-12,17-18,21-22,24-26,28,30,35-36,48,50-54H,13-16,19-20H2,1-8H3,(H,45,56)/t22-,24+,25+,26+,28+,30+,35-,36+,43-/m0/s1. The molecule has 1 fully saturated rings. The number of phenols is 3. The van der Waals surface area contributed by atoms with E-state index in [1.807, 2.05) is 14.0 Å². The molecular formula is C43H58N4O12. The van der Waals surface area contributed by atoms with Crippen LogP contribution in [0.5, 0.6) is 23.0 Å². The topological polar surface area (TPSA) is 231 Å². The number of aliphatic hydroxyl groups is 3. The Balaban J connectivity index is 1.70. The van der Waals surface area contributed by atoms with Crippen LogP contribution in [0.4, 0.5) is 5.69 Å². The van der Waals surface area contributed by atoms with Gasteiger partial charge in [0.1, 0.15) is 17.2 Å². The molecule has 59 heavy (non-hydrogen) atoms. The van der Waals surface area contributed by atoms with Gasteiger partial charge in [-0.25, -0.2) is 0 Å². The molecule has 322 valence electrons. The number of benzene rings is 2. The van der Waals surface area contributed by atoms with Gasteiger partial charge < -0.3 is 55.1 Å². The Bertz CT molecular complexity index is 2040. The van der Waals surface area contributed by atoms with Crippen molar-refractivity contribution < 1.29 is 59.2 Å². The predicted molar refractivity (Wildman–Crippen MR) is 220 cm³/mol. The summed E-state index contributed by atoms with van der Waals surface area (Å²) in [6.45, 7) is 13.8. The number of carbonyl (C=O) groups excluding carboxylic acids is 3. The maximum atomic E-state index is 14.4. The van der Waals surface area contributed by atoms with Gasteiger partial charge in [-0.2, -0.15) is 5.10 Å². The van der Waals surface area contributed by atoms with Gasteiger partial charge in [0.25, 0.3) is 18.2 Å². The van der Waals surface area contributed by atoms with Crippen molar-refractivity contribution in [2.75, 3.05) is 51.8 Å². The van der Waals surface area contributed by atoms with Crippen molar-refractivity contribution in [3.63, 3.8) is 0 Å². The molecule has 1 saturated heterocycles. The highest BCUT2D eigenvalue weighted by Gasteiger charge is 2.50. The fourth-order valence-electron chi connectivity index (χ4n) is 8.12. The summed E-state index contributed by atoms with van der Waals surface area (Å²) < 4.78 is 17.2. The molecule has 4 heterocycles. The number of nitrogens with one attached hydrogen (secondary N) is 1. The number of aromatic hydroxyl groups is 3. The number of aliphatic hydroxyl groups excluding tert-OH is 3. The number of Topliss-reactive ketones (excluding diaryl/α,β-unsaturated/α-hetero) is 1. The Hall–Kier alpha value is -5.16. The molecule has 4 aliphatic heterocycles. The lowest BCUT2D eigenvalue weighted by Gasteiger charge is -2.38. The van der Waals surface area contributed by atoms with Crippen LogP contribution >= 0.6 is 0 Å². The lowest BCUT2D eigenvalue weighted by molar-refractivity contribution is -0.133. The number of ketones is 1. The fraction of sp³-hybridized carbons (Fsp3) is 0.535. The Morgan fingerprint density at radius 1 is 0.949 bits per heavy atom. The number of hydrogen-bond acceptors (Lipinski definition) is 15.